The second kappa shape index (κ2) is 15.8. The molecule has 5 saturated carbocycles. The number of carbonyl (C=O) groups excluding carboxylic acids is 1. The van der Waals surface area contributed by atoms with Crippen LogP contribution in [0.1, 0.15) is 99.3 Å². The van der Waals surface area contributed by atoms with Crippen LogP contribution in [0.2, 0.25) is 0 Å². The maximum Gasteiger partial charge on any atom is 0.313 e. The van der Waals surface area contributed by atoms with Crippen molar-refractivity contribution in [2.45, 2.75) is 215 Å². The van der Waals surface area contributed by atoms with Gasteiger partial charge in [0.1, 0.15) is 73.2 Å². The average Bonchev–Trinajstić information content (AvgIpc) is 4.02. The first kappa shape index (κ1) is 47.3. The molecule has 368 valence electrons. The second-order valence-corrected chi connectivity index (χ2v) is 23.0. The van der Waals surface area contributed by atoms with Crippen molar-refractivity contribution < 1.29 is 88.6 Å². The van der Waals surface area contributed by atoms with Gasteiger partial charge in [-0.1, -0.05) is 46.8 Å². The predicted octanol–water partition coefficient (Wildman–Crippen LogP) is -0.0743. The van der Waals surface area contributed by atoms with E-state index in [0.717, 1.165) is 51.4 Å². The van der Waals surface area contributed by atoms with Gasteiger partial charge in [0.05, 0.1) is 36.9 Å². The summed E-state index contributed by atoms with van der Waals surface area (Å²) in [6.07, 6.45) is -17.4. The molecule has 10 fully saturated rings. The zero-order valence-electron chi connectivity index (χ0n) is 38.3. The van der Waals surface area contributed by atoms with Crippen molar-refractivity contribution in [3.05, 3.63) is 12.2 Å². The van der Waals surface area contributed by atoms with Gasteiger partial charge in [-0.3, -0.25) is 4.79 Å². The Morgan fingerprint density at radius 2 is 1.29 bits per heavy atom. The summed E-state index contributed by atoms with van der Waals surface area (Å²) in [6, 6.07) is 0. The first-order valence-electron chi connectivity index (χ1n) is 24.0. The second-order valence-electron chi connectivity index (χ2n) is 23.0. The lowest BCUT2D eigenvalue weighted by atomic mass is 9.31. The Bertz CT molecular complexity index is 1870. The van der Waals surface area contributed by atoms with Gasteiger partial charge in [0.25, 0.3) is 0 Å². The summed E-state index contributed by atoms with van der Waals surface area (Å²) in [5, 5.41) is 96.7. The smallest absolute Gasteiger partial charge is 0.313 e. The summed E-state index contributed by atoms with van der Waals surface area (Å²) in [6.45, 7) is 16.0. The van der Waals surface area contributed by atoms with Crippen LogP contribution in [-0.4, -0.2) is 181 Å². The van der Waals surface area contributed by atoms with Crippen LogP contribution in [0.15, 0.2) is 12.2 Å². The molecule has 26 unspecified atom stereocenters. The number of ether oxygens (including phenoxy) is 8. The van der Waals surface area contributed by atoms with Crippen LogP contribution < -0.4 is 0 Å². The minimum absolute atomic E-state index is 0.0403. The zero-order valence-corrected chi connectivity index (χ0v) is 38.3. The number of aliphatic hydroxyl groups excluding tert-OH is 9. The summed E-state index contributed by atoms with van der Waals surface area (Å²) in [5.74, 6) is 0.236. The molecule has 18 heteroatoms. The van der Waals surface area contributed by atoms with Crippen molar-refractivity contribution in [2.75, 3.05) is 13.2 Å². The summed E-state index contributed by atoms with van der Waals surface area (Å²) >= 11 is 0. The number of allylic oxidation sites excluding steroid dienone is 1. The molecule has 2 bridgehead atoms. The summed E-state index contributed by atoms with van der Waals surface area (Å²) < 4.78 is 51.1. The highest BCUT2D eigenvalue weighted by atomic mass is 16.8. The normalized spacial score (nSPS) is 59.0. The molecule has 5 aliphatic carbocycles. The third kappa shape index (κ3) is 6.32. The van der Waals surface area contributed by atoms with Crippen LogP contribution in [0.5, 0.6) is 0 Å². The average molecular weight is 925 g/mol. The van der Waals surface area contributed by atoms with Gasteiger partial charge in [-0.25, -0.2) is 0 Å². The Labute approximate surface area is 379 Å². The molecule has 0 radical (unpaired) electrons. The van der Waals surface area contributed by atoms with Crippen molar-refractivity contribution in [3.8, 4) is 0 Å². The molecule has 10 aliphatic rings. The molecule has 5 aliphatic heterocycles. The molecule has 0 aromatic carbocycles. The van der Waals surface area contributed by atoms with E-state index in [1.54, 1.807) is 0 Å². The molecule has 5 saturated heterocycles. The van der Waals surface area contributed by atoms with Crippen LogP contribution in [0, 0.1) is 44.8 Å². The van der Waals surface area contributed by atoms with Crippen LogP contribution in [-0.2, 0) is 42.7 Å². The van der Waals surface area contributed by atoms with Crippen LogP contribution in [0.4, 0.5) is 0 Å². The lowest BCUT2D eigenvalue weighted by molar-refractivity contribution is -0.398. The van der Waals surface area contributed by atoms with Crippen molar-refractivity contribution in [1.29, 1.82) is 0 Å². The number of fused-ring (bicyclic) bond motifs is 6. The van der Waals surface area contributed by atoms with Gasteiger partial charge in [0, 0.05) is 11.3 Å². The Hall–Kier alpha value is -1.43. The number of aliphatic hydroxyl groups is 9. The standard InChI is InChI=1S/C47H72O18/c1-19-8-13-46-15-14-45(7)44(6)12-9-23-42(3,4)25(10-11-43(23,5)36(44)35-37(62-35)47(45,24(46)16-19)65-41(46)57)61-40-34(64-38-31(55)29(53)26(50)20(2)58-38)33(28(52)22(18-49)60-40)63-39-32(56)30(54)27(51)21(17-48)59-39/h20-40,48-56H,1,8-18H2,2-7H3. The molecule has 18 nitrogen and oxygen atoms in total. The maximum atomic E-state index is 14.1. The van der Waals surface area contributed by atoms with Gasteiger partial charge in [0.2, 0.25) is 0 Å². The largest absolute Gasteiger partial charge is 0.455 e. The molecule has 1 spiro atoms. The Morgan fingerprint density at radius 3 is 1.98 bits per heavy atom. The quantitative estimate of drug-likeness (QED) is 0.0667. The van der Waals surface area contributed by atoms with Crippen molar-refractivity contribution in [3.63, 3.8) is 0 Å². The van der Waals surface area contributed by atoms with Gasteiger partial charge in [-0.15, -0.1) is 0 Å². The molecule has 10 rings (SSSR count). The Balaban J connectivity index is 0.952. The third-order valence-electron chi connectivity index (χ3n) is 19.9. The minimum Gasteiger partial charge on any atom is -0.455 e. The van der Waals surface area contributed by atoms with E-state index in [9.17, 15) is 50.8 Å². The van der Waals surface area contributed by atoms with E-state index in [2.05, 4.69) is 41.2 Å². The molecule has 65 heavy (non-hydrogen) atoms. The third-order valence-corrected chi connectivity index (χ3v) is 19.9. The highest BCUT2D eigenvalue weighted by molar-refractivity contribution is 5.82. The van der Waals surface area contributed by atoms with E-state index in [1.807, 2.05) is 0 Å². The first-order chi connectivity index (χ1) is 30.6. The molecule has 0 aromatic heterocycles. The number of esters is 1. The van der Waals surface area contributed by atoms with Gasteiger partial charge < -0.3 is 83.9 Å². The number of hydrogen-bond donors (Lipinski definition) is 9. The Morgan fingerprint density at radius 1 is 0.662 bits per heavy atom. The van der Waals surface area contributed by atoms with Gasteiger partial charge in [-0.2, -0.15) is 0 Å². The number of hydrogen-bond acceptors (Lipinski definition) is 18. The van der Waals surface area contributed by atoms with Gasteiger partial charge in [-0.05, 0) is 92.8 Å². The molecule has 9 N–H and O–H groups in total. The van der Waals surface area contributed by atoms with Crippen LogP contribution in [0.3, 0.4) is 0 Å². The predicted molar refractivity (Wildman–Crippen MR) is 222 cm³/mol. The zero-order chi connectivity index (χ0) is 46.7. The van der Waals surface area contributed by atoms with E-state index in [1.165, 1.54) is 12.5 Å². The summed E-state index contributed by atoms with van der Waals surface area (Å²) in [5.41, 5.74) is -1.35. The molecule has 26 atom stereocenters. The highest BCUT2D eigenvalue weighted by Gasteiger charge is 2.89. The van der Waals surface area contributed by atoms with Crippen LogP contribution in [0.25, 0.3) is 0 Å². The monoisotopic (exact) mass is 924 g/mol. The van der Waals surface area contributed by atoms with E-state index >= 15 is 0 Å². The maximum absolute atomic E-state index is 14.1. The first-order valence-corrected chi connectivity index (χ1v) is 24.0. The molecule has 5 heterocycles. The lowest BCUT2D eigenvalue weighted by Crippen LogP contribution is -2.74. The van der Waals surface area contributed by atoms with Crippen molar-refractivity contribution >= 4 is 5.97 Å². The van der Waals surface area contributed by atoms with E-state index in [4.69, 9.17) is 37.9 Å². The molecular weight excluding hydrogens is 852 g/mol. The summed E-state index contributed by atoms with van der Waals surface area (Å²) in [7, 11) is 0. The number of rotatable bonds is 8. The molecular formula is C47H72O18. The number of carbonyl (C=O) groups is 1. The SMILES string of the molecule is C=C1CCC23CCC4(C)C5(C)CCC6C(C)(C)C(OC7OC(CO)C(O)C(OC8OC(CO)C(O)C(O)C8O)C7OC7OC(C)C(O)C(O)C7O)CCC6(C)C5C5OC5C4(OC2=O)C3C1. The fourth-order valence-corrected chi connectivity index (χ4v) is 16.2. The number of epoxide rings is 1. The van der Waals surface area contributed by atoms with Gasteiger partial charge >= 0.3 is 5.97 Å². The summed E-state index contributed by atoms with van der Waals surface area (Å²) in [4.78, 5) is 14.1. The van der Waals surface area contributed by atoms with E-state index in [-0.39, 0.29) is 52.2 Å². The molecule has 0 amide bonds. The minimum atomic E-state index is -1.87. The van der Waals surface area contributed by atoms with E-state index < -0.39 is 128 Å². The Kier molecular flexibility index (Phi) is 11.5. The lowest BCUT2D eigenvalue weighted by Gasteiger charge is -2.72. The van der Waals surface area contributed by atoms with Gasteiger partial charge in [0.15, 0.2) is 24.5 Å². The van der Waals surface area contributed by atoms with Crippen LogP contribution >= 0.6 is 0 Å². The van der Waals surface area contributed by atoms with E-state index in [0.29, 0.717) is 6.42 Å². The highest BCUT2D eigenvalue weighted by Crippen LogP contribution is 2.83. The fraction of sp³-hybridized carbons (Fsp3) is 0.936. The molecule has 0 aromatic rings. The van der Waals surface area contributed by atoms with Crippen molar-refractivity contribution in [1.82, 2.24) is 0 Å². The topological polar surface area (TPSA) is 276 Å². The fourth-order valence-electron chi connectivity index (χ4n) is 16.2. The van der Waals surface area contributed by atoms with Crippen molar-refractivity contribution in [2.24, 2.45) is 44.8 Å².